The summed E-state index contributed by atoms with van der Waals surface area (Å²) in [5.74, 6) is 0. The molecule has 0 amide bonds. The van der Waals surface area contributed by atoms with E-state index in [1.165, 1.54) is 29.5 Å². The molecule has 0 aliphatic rings. The molecule has 2 heterocycles. The maximum Gasteiger partial charge on any atom is 0.416 e. The van der Waals surface area contributed by atoms with E-state index in [-0.39, 0.29) is 17.3 Å². The Bertz CT molecular complexity index is 1240. The summed E-state index contributed by atoms with van der Waals surface area (Å²) >= 11 is 6.30. The first kappa shape index (κ1) is 21.9. The summed E-state index contributed by atoms with van der Waals surface area (Å²) < 4.78 is 81.3. The molecule has 0 aliphatic carbocycles. The van der Waals surface area contributed by atoms with Gasteiger partial charge in [0.15, 0.2) is 0 Å². The molecule has 164 valence electrons. The normalized spacial score (nSPS) is 12.2. The van der Waals surface area contributed by atoms with Gasteiger partial charge in [-0.15, -0.1) is 0 Å². The number of nitrogens with zero attached hydrogens (tertiary/aromatic N) is 3. The Hall–Kier alpha value is -3.33. The fraction of sp³-hybridized carbons (Fsp3) is 0.0909. The Morgan fingerprint density at radius 3 is 2.03 bits per heavy atom. The number of pyridine rings is 1. The number of hydrogen-bond acceptors (Lipinski definition) is 2. The number of imidazole rings is 1. The van der Waals surface area contributed by atoms with Gasteiger partial charge in [0.2, 0.25) is 0 Å². The van der Waals surface area contributed by atoms with Gasteiger partial charge in [0.1, 0.15) is 0 Å². The van der Waals surface area contributed by atoms with Crippen molar-refractivity contribution in [1.29, 1.82) is 0 Å². The Labute approximate surface area is 182 Å². The van der Waals surface area contributed by atoms with E-state index in [1.807, 2.05) is 0 Å². The van der Waals surface area contributed by atoms with Gasteiger partial charge in [0.05, 0.1) is 41.2 Å². The van der Waals surface area contributed by atoms with E-state index in [4.69, 9.17) is 11.6 Å². The molecule has 2 aromatic heterocycles. The van der Waals surface area contributed by atoms with E-state index >= 15 is 0 Å². The number of halogens is 7. The highest BCUT2D eigenvalue weighted by Crippen LogP contribution is 2.40. The summed E-state index contributed by atoms with van der Waals surface area (Å²) in [5, 5.41) is 0.417. The smallest absolute Gasteiger partial charge is 0.297 e. The van der Waals surface area contributed by atoms with E-state index in [2.05, 4.69) is 9.97 Å². The van der Waals surface area contributed by atoms with Crippen molar-refractivity contribution in [2.45, 2.75) is 12.4 Å². The summed E-state index contributed by atoms with van der Waals surface area (Å²) in [5.41, 5.74) is -1.50. The third-order valence-corrected chi connectivity index (χ3v) is 5.08. The second kappa shape index (κ2) is 7.98. The van der Waals surface area contributed by atoms with Crippen LogP contribution in [0.3, 0.4) is 0 Å². The second-order valence-electron chi connectivity index (χ2n) is 6.82. The van der Waals surface area contributed by atoms with Crippen LogP contribution in [0.5, 0.6) is 0 Å². The quantitative estimate of drug-likeness (QED) is 0.296. The van der Waals surface area contributed by atoms with E-state index in [9.17, 15) is 26.3 Å². The van der Waals surface area contributed by atoms with Crippen molar-refractivity contribution in [3.8, 4) is 28.1 Å². The van der Waals surface area contributed by atoms with Crippen LogP contribution in [0.25, 0.3) is 28.1 Å². The highest BCUT2D eigenvalue weighted by Gasteiger charge is 2.37. The molecule has 32 heavy (non-hydrogen) atoms. The van der Waals surface area contributed by atoms with Crippen molar-refractivity contribution in [3.63, 3.8) is 0 Å². The molecule has 0 radical (unpaired) electrons. The lowest BCUT2D eigenvalue weighted by Gasteiger charge is -2.17. The summed E-state index contributed by atoms with van der Waals surface area (Å²) in [6.07, 6.45) is -4.50. The van der Waals surface area contributed by atoms with Crippen molar-refractivity contribution in [2.24, 2.45) is 0 Å². The zero-order valence-electron chi connectivity index (χ0n) is 15.9. The zero-order chi connectivity index (χ0) is 23.1. The van der Waals surface area contributed by atoms with E-state index < -0.39 is 23.5 Å². The minimum absolute atomic E-state index is 0.0305. The predicted molar refractivity (Wildman–Crippen MR) is 107 cm³/mol. The molecule has 10 heteroatoms. The van der Waals surface area contributed by atoms with Gasteiger partial charge in [-0.05, 0) is 30.3 Å². The predicted octanol–water partition coefficient (Wildman–Crippen LogP) is 7.29. The molecule has 0 spiro atoms. The lowest BCUT2D eigenvalue weighted by Crippen LogP contribution is -2.11. The molecule has 0 bridgehead atoms. The lowest BCUT2D eigenvalue weighted by molar-refractivity contribution is -0.143. The average molecular weight is 468 g/mol. The van der Waals surface area contributed by atoms with Crippen LogP contribution in [0, 0.1) is 0 Å². The third kappa shape index (κ3) is 4.20. The number of aromatic nitrogens is 3. The minimum Gasteiger partial charge on any atom is -0.297 e. The van der Waals surface area contributed by atoms with Crippen molar-refractivity contribution >= 4 is 11.6 Å². The van der Waals surface area contributed by atoms with Crippen molar-refractivity contribution in [2.75, 3.05) is 0 Å². The van der Waals surface area contributed by atoms with Crippen molar-refractivity contribution in [1.82, 2.24) is 14.5 Å². The van der Waals surface area contributed by atoms with E-state index in [0.29, 0.717) is 34.0 Å². The molecule has 3 nitrogen and oxygen atoms in total. The number of benzene rings is 2. The fourth-order valence-corrected chi connectivity index (χ4v) is 3.53. The molecule has 0 saturated carbocycles. The van der Waals surface area contributed by atoms with Gasteiger partial charge < -0.3 is 0 Å². The molecule has 0 atom stereocenters. The third-order valence-electron chi connectivity index (χ3n) is 4.75. The van der Waals surface area contributed by atoms with E-state index in [0.717, 1.165) is 0 Å². The van der Waals surface area contributed by atoms with Gasteiger partial charge in [-0.3, -0.25) is 9.55 Å². The van der Waals surface area contributed by atoms with Crippen LogP contribution in [0.4, 0.5) is 26.3 Å². The molecule has 0 fully saturated rings. The molecule has 0 aliphatic heterocycles. The average Bonchev–Trinajstić information content (AvgIpc) is 3.22. The first-order chi connectivity index (χ1) is 15.1. The Morgan fingerprint density at radius 2 is 1.41 bits per heavy atom. The first-order valence-electron chi connectivity index (χ1n) is 9.07. The molecule has 0 saturated heterocycles. The molecular weight excluding hydrogens is 456 g/mol. The first-order valence-corrected chi connectivity index (χ1v) is 9.45. The van der Waals surface area contributed by atoms with Gasteiger partial charge in [-0.1, -0.05) is 29.8 Å². The topological polar surface area (TPSA) is 30.7 Å². The van der Waals surface area contributed by atoms with Crippen LogP contribution in [0.1, 0.15) is 11.1 Å². The van der Waals surface area contributed by atoms with Gasteiger partial charge >= 0.3 is 12.4 Å². The number of alkyl halides is 6. The van der Waals surface area contributed by atoms with Crippen molar-refractivity contribution in [3.05, 3.63) is 89.6 Å². The number of rotatable bonds is 3. The summed E-state index contributed by atoms with van der Waals surface area (Å²) in [6.45, 7) is 0. The highest BCUT2D eigenvalue weighted by atomic mass is 35.5. The van der Waals surface area contributed by atoms with Crippen molar-refractivity contribution < 1.29 is 26.3 Å². The van der Waals surface area contributed by atoms with Crippen LogP contribution >= 0.6 is 11.6 Å². The Morgan fingerprint density at radius 1 is 0.750 bits per heavy atom. The Kier molecular flexibility index (Phi) is 5.46. The van der Waals surface area contributed by atoms with Crippen LogP contribution in [0.15, 0.2) is 73.4 Å². The van der Waals surface area contributed by atoms with Gasteiger partial charge in [-0.2, -0.15) is 26.3 Å². The molecule has 0 unspecified atom stereocenters. The van der Waals surface area contributed by atoms with Crippen LogP contribution < -0.4 is 0 Å². The standard InChI is InChI=1S/C22H12ClF6N3/c23-18-4-2-1-3-16(18)17-5-6-30-11-20(17)32-12-31-10-19(32)13-7-14(21(24,25)26)9-15(8-13)22(27,28)29/h1-12H. The summed E-state index contributed by atoms with van der Waals surface area (Å²) in [7, 11) is 0. The molecule has 0 N–H and O–H groups in total. The van der Waals surface area contributed by atoms with Gasteiger partial charge in [0.25, 0.3) is 0 Å². The van der Waals surface area contributed by atoms with E-state index in [1.54, 1.807) is 30.3 Å². The highest BCUT2D eigenvalue weighted by molar-refractivity contribution is 6.33. The molecule has 4 rings (SSSR count). The lowest BCUT2D eigenvalue weighted by atomic mass is 10.0. The largest absolute Gasteiger partial charge is 0.416 e. The van der Waals surface area contributed by atoms with Gasteiger partial charge in [-0.25, -0.2) is 4.98 Å². The maximum atomic E-state index is 13.3. The minimum atomic E-state index is -4.96. The summed E-state index contributed by atoms with van der Waals surface area (Å²) in [6, 6.07) is 9.95. The van der Waals surface area contributed by atoms with Crippen LogP contribution in [-0.2, 0) is 12.4 Å². The molecule has 4 aromatic rings. The monoisotopic (exact) mass is 467 g/mol. The van der Waals surface area contributed by atoms with Crippen LogP contribution in [-0.4, -0.2) is 14.5 Å². The van der Waals surface area contributed by atoms with Crippen LogP contribution in [0.2, 0.25) is 5.02 Å². The zero-order valence-corrected chi connectivity index (χ0v) is 16.7. The summed E-state index contributed by atoms with van der Waals surface area (Å²) in [4.78, 5) is 8.01. The fourth-order valence-electron chi connectivity index (χ4n) is 3.29. The number of hydrogen-bond donors (Lipinski definition) is 0. The molecular formula is C22H12ClF6N3. The molecule has 2 aromatic carbocycles. The second-order valence-corrected chi connectivity index (χ2v) is 7.22. The Balaban J connectivity index is 1.93. The van der Waals surface area contributed by atoms with Gasteiger partial charge in [0, 0.05) is 27.9 Å². The maximum absolute atomic E-state index is 13.3. The SMILES string of the molecule is FC(F)(F)c1cc(-c2cncn2-c2cnccc2-c2ccccc2Cl)cc(C(F)(F)F)c1.